The lowest BCUT2D eigenvalue weighted by Crippen LogP contribution is -2.41. The van der Waals surface area contributed by atoms with Crippen LogP contribution in [-0.4, -0.2) is 132 Å². The zero-order chi connectivity index (χ0) is 62.9. The first-order chi connectivity index (χ1) is 41.5. The van der Waals surface area contributed by atoms with E-state index in [1.54, 1.807) is 92.7 Å². The van der Waals surface area contributed by atoms with E-state index in [2.05, 4.69) is 36.4 Å². The molecule has 0 amide bonds. The number of nitrogens with two attached hydrogens (primary N) is 2. The van der Waals surface area contributed by atoms with Gasteiger partial charge >= 0.3 is 27.4 Å². The number of aliphatic hydroxyl groups excluding tert-OH is 2. The van der Waals surface area contributed by atoms with E-state index < -0.39 is 99.7 Å². The molecule has 0 unspecified atom stereocenters. The van der Waals surface area contributed by atoms with Crippen LogP contribution in [0.4, 0.5) is 11.6 Å². The highest BCUT2D eigenvalue weighted by atomic mass is 31.2. The van der Waals surface area contributed by atoms with Gasteiger partial charge in [0, 0.05) is 0 Å². The van der Waals surface area contributed by atoms with Crippen molar-refractivity contribution in [3.63, 3.8) is 0 Å². The van der Waals surface area contributed by atoms with Crippen molar-refractivity contribution in [2.45, 2.75) is 147 Å². The molecule has 8 N–H and O–H groups in total. The Hall–Kier alpha value is -7.14. The molecule has 4 aromatic heterocycles. The van der Waals surface area contributed by atoms with E-state index in [1.807, 2.05) is 33.8 Å². The van der Waals surface area contributed by atoms with Crippen LogP contribution in [0.15, 0.2) is 97.6 Å². The van der Waals surface area contributed by atoms with E-state index in [9.17, 15) is 39.5 Å². The zero-order valence-electron chi connectivity index (χ0n) is 49.4. The number of esters is 2. The molecule has 0 spiro atoms. The number of hydrogen-bond acceptors (Lipinski definition) is 24. The van der Waals surface area contributed by atoms with Gasteiger partial charge in [0.15, 0.2) is 17.4 Å². The molecular weight excluding hydrogens is 1170 g/mol. The lowest BCUT2D eigenvalue weighted by molar-refractivity contribution is -0.204. The first kappa shape index (κ1) is 65.8. The van der Waals surface area contributed by atoms with Crippen LogP contribution < -0.4 is 30.7 Å². The van der Waals surface area contributed by atoms with Gasteiger partial charge in [-0.25, -0.2) is 28.1 Å². The third-order valence-electron chi connectivity index (χ3n) is 15.1. The fourth-order valence-electron chi connectivity index (χ4n) is 10.1. The Bertz CT molecular complexity index is 3510. The normalized spacial score (nSPS) is 25.1. The van der Waals surface area contributed by atoms with E-state index in [0.29, 0.717) is 16.7 Å². The van der Waals surface area contributed by atoms with Gasteiger partial charge in [-0.1, -0.05) is 89.8 Å². The van der Waals surface area contributed by atoms with Crippen LogP contribution in [0.5, 0.6) is 11.5 Å². The van der Waals surface area contributed by atoms with Crippen LogP contribution in [0.1, 0.15) is 92.5 Å². The largest absolute Gasteiger partial charge is 0.464 e. The van der Waals surface area contributed by atoms with Gasteiger partial charge in [0.1, 0.15) is 96.0 Å². The standard InChI is InChI=1S/C30H39N6O8P.C27H35N6O8P/c1-6-20(7-2)15-39-28(37)19(3)35-45(38,44-21-11-9-8-10-12-21)40-16-23-25-26(43-29(4,5)42-25)30(17-31,41-23)24-14-13-22-27(32)33-18-34-36(22)24;1-4-18(5-2)13-38-26(36)17(3)32-42(37,41-19-9-7-6-8-10-19)39-14-21-23(34)24(35)27(15-28,40-21)22-12-11-20-25(29)30-16-31-33(20)22/h8-14,18-20,23,25-26H,6-7,15-16H2,1-5H3,(H,35,38)(H2,32,33,34);6-12,16-18,21,23-24,34-35H,4-5,13-14H2,1-3H3,(H,32,37)(H2,29,30,31)/t19-,23+,25+,26+,30-,45-;17-,21+,23+,24+,27-,42-/m00/s1. The maximum atomic E-state index is 14.2. The minimum Gasteiger partial charge on any atom is -0.464 e. The van der Waals surface area contributed by atoms with Crippen molar-refractivity contribution < 1.29 is 75.4 Å². The molecule has 0 radical (unpaired) electrons. The molecule has 3 fully saturated rings. The highest BCUT2D eigenvalue weighted by Crippen LogP contribution is 2.52. The number of benzene rings is 2. The Kier molecular flexibility index (Phi) is 21.1. The Morgan fingerprint density at radius 1 is 0.655 bits per heavy atom. The summed E-state index contributed by atoms with van der Waals surface area (Å²) in [5.41, 5.74) is 9.45. The summed E-state index contributed by atoms with van der Waals surface area (Å²) in [6, 6.07) is 25.0. The third-order valence-corrected chi connectivity index (χ3v) is 18.4. The number of nitrogens with one attached hydrogen (secondary N) is 2. The predicted molar refractivity (Wildman–Crippen MR) is 311 cm³/mol. The van der Waals surface area contributed by atoms with Gasteiger partial charge in [0.05, 0.1) is 37.8 Å². The SMILES string of the molecule is CCC(CC)COC(=O)[C@H](C)N[P@](=O)(OC[C@H]1O[C@@](C#N)(c2ccc3c(N)ncnn23)[C@@H]2OC(C)(C)O[C@@H]21)Oc1ccccc1.CCC(CC)COC(=O)[C@H](C)N[P@](=O)(OC[C@H]1O[C@@](C#N)(c2ccc3c(N)ncnn23)[C@H](O)[C@@H]1O)Oc1ccccc1. The summed E-state index contributed by atoms with van der Waals surface area (Å²) in [6.45, 7) is 14.0. The van der Waals surface area contributed by atoms with Gasteiger partial charge in [0.2, 0.25) is 11.2 Å². The number of rotatable bonds is 26. The maximum Gasteiger partial charge on any atom is 0.459 e. The number of nitrogen functional groups attached to an aromatic ring is 2. The highest BCUT2D eigenvalue weighted by Gasteiger charge is 2.66. The first-order valence-corrected chi connectivity index (χ1v) is 31.5. The predicted octanol–water partition coefficient (Wildman–Crippen LogP) is 6.42. The van der Waals surface area contributed by atoms with Crippen LogP contribution in [0.25, 0.3) is 11.0 Å². The highest BCUT2D eigenvalue weighted by molar-refractivity contribution is 7.52. The number of para-hydroxylation sites is 2. The van der Waals surface area contributed by atoms with Gasteiger partial charge in [-0.3, -0.25) is 18.6 Å². The van der Waals surface area contributed by atoms with Crippen molar-refractivity contribution in [3.8, 4) is 23.6 Å². The lowest BCUT2D eigenvalue weighted by Gasteiger charge is -2.29. The number of aliphatic hydroxyl groups is 2. The Morgan fingerprint density at radius 3 is 1.52 bits per heavy atom. The number of fused-ring (bicyclic) bond motifs is 3. The van der Waals surface area contributed by atoms with Crippen LogP contribution in [0.2, 0.25) is 0 Å². The molecule has 3 aliphatic heterocycles. The summed E-state index contributed by atoms with van der Waals surface area (Å²) in [5, 5.41) is 56.3. The van der Waals surface area contributed by atoms with Gasteiger partial charge in [-0.05, 0) is 88.1 Å². The molecule has 6 aromatic rings. The van der Waals surface area contributed by atoms with Gasteiger partial charge < -0.3 is 59.1 Å². The van der Waals surface area contributed by atoms with Crippen LogP contribution in [0.3, 0.4) is 0 Å². The summed E-state index contributed by atoms with van der Waals surface area (Å²) >= 11 is 0. The summed E-state index contributed by atoms with van der Waals surface area (Å²) < 4.78 is 89.4. The van der Waals surface area contributed by atoms with Crippen molar-refractivity contribution in [1.29, 1.82) is 10.5 Å². The Balaban J connectivity index is 0.000000226. The van der Waals surface area contributed by atoms with E-state index >= 15 is 0 Å². The van der Waals surface area contributed by atoms with E-state index in [1.165, 1.54) is 41.6 Å². The molecule has 30 heteroatoms. The van der Waals surface area contributed by atoms with Crippen molar-refractivity contribution in [2.24, 2.45) is 11.8 Å². The topological polar surface area (TPSA) is 385 Å². The minimum atomic E-state index is -4.32. The molecule has 7 heterocycles. The summed E-state index contributed by atoms with van der Waals surface area (Å²) in [7, 11) is -8.56. The Labute approximate surface area is 502 Å². The van der Waals surface area contributed by atoms with Gasteiger partial charge in [-0.2, -0.15) is 30.9 Å². The Morgan fingerprint density at radius 2 is 1.08 bits per heavy atom. The maximum absolute atomic E-state index is 14.2. The van der Waals surface area contributed by atoms with Crippen LogP contribution in [0, 0.1) is 34.5 Å². The number of nitriles is 2. The number of hydrogen-bond donors (Lipinski definition) is 6. The second kappa shape index (κ2) is 27.9. The first-order valence-electron chi connectivity index (χ1n) is 28.5. The summed E-state index contributed by atoms with van der Waals surface area (Å²) in [5.74, 6) is -1.12. The number of carbonyl (C=O) groups is 2. The van der Waals surface area contributed by atoms with Gasteiger partial charge in [-0.15, -0.1) is 0 Å². The molecular formula is C57H74N12O16P2. The smallest absolute Gasteiger partial charge is 0.459 e. The van der Waals surface area contributed by atoms with E-state index in [-0.39, 0.29) is 60.5 Å². The molecule has 9 rings (SSSR count). The average Bonchev–Trinajstić information content (AvgIpc) is 1.58. The molecule has 0 saturated carbocycles. The third kappa shape index (κ3) is 14.6. The lowest BCUT2D eigenvalue weighted by atomic mass is 9.92. The minimum absolute atomic E-state index is 0.0961. The van der Waals surface area contributed by atoms with Crippen molar-refractivity contribution in [1.82, 2.24) is 39.4 Å². The van der Waals surface area contributed by atoms with E-state index in [0.717, 1.165) is 25.7 Å². The van der Waals surface area contributed by atoms with Gasteiger partial charge in [0.25, 0.3) is 0 Å². The monoisotopic (exact) mass is 1240 g/mol. The second-order valence-electron chi connectivity index (χ2n) is 21.5. The summed E-state index contributed by atoms with van der Waals surface area (Å²) in [6.07, 6.45) is -1.54. The molecule has 2 aromatic carbocycles. The van der Waals surface area contributed by atoms with Crippen molar-refractivity contribution in [2.75, 3.05) is 37.9 Å². The van der Waals surface area contributed by atoms with Crippen molar-refractivity contribution >= 4 is 50.1 Å². The number of anilines is 2. The fraction of sp³-hybridized carbons (Fsp3) is 0.509. The fourth-order valence-corrected chi connectivity index (χ4v) is 13.1. The molecule has 87 heavy (non-hydrogen) atoms. The van der Waals surface area contributed by atoms with Crippen LogP contribution >= 0.6 is 15.5 Å². The number of ether oxygens (including phenoxy) is 6. The molecule has 0 bridgehead atoms. The average molecular weight is 1250 g/mol. The van der Waals surface area contributed by atoms with Crippen molar-refractivity contribution in [3.05, 3.63) is 109 Å². The molecule has 0 aliphatic carbocycles. The molecule has 3 saturated heterocycles. The second-order valence-corrected chi connectivity index (χ2v) is 24.9. The van der Waals surface area contributed by atoms with Crippen LogP contribution in [-0.2, 0) is 67.4 Å². The number of carbonyl (C=O) groups excluding carboxylic acids is 2. The molecule has 468 valence electrons. The summed E-state index contributed by atoms with van der Waals surface area (Å²) in [4.78, 5) is 33.4. The number of nitrogens with zero attached hydrogens (tertiary/aromatic N) is 8. The molecule has 28 nitrogen and oxygen atoms in total. The molecule has 12 atom stereocenters. The molecule has 3 aliphatic rings. The van der Waals surface area contributed by atoms with E-state index in [4.69, 9.17) is 58.0 Å². The quantitative estimate of drug-likeness (QED) is 0.0252. The number of aromatic nitrogens is 6. The zero-order valence-corrected chi connectivity index (χ0v) is 51.2.